The molecule has 0 aliphatic rings. The van der Waals surface area contributed by atoms with Crippen LogP contribution in [0, 0.1) is 18.3 Å². The van der Waals surface area contributed by atoms with Crippen molar-refractivity contribution in [1.29, 1.82) is 5.26 Å². The van der Waals surface area contributed by atoms with Crippen molar-refractivity contribution >= 4 is 23.4 Å². The maximum Gasteiger partial charge on any atom is 0.196 e. The van der Waals surface area contributed by atoms with Gasteiger partial charge in [-0.2, -0.15) is 5.26 Å². The smallest absolute Gasteiger partial charge is 0.196 e. The van der Waals surface area contributed by atoms with Crippen LogP contribution in [-0.2, 0) is 5.75 Å². The standard InChI is InChI=1S/C23H17ClN4S/c1-16-3-2-4-19(13-16)22-26-27-23(28(22)21-11-9-20(24)10-12-21)29-15-18-7-5-17(14-25)6-8-18/h2-13H,15H2,1H3. The van der Waals surface area contributed by atoms with Crippen LogP contribution in [0.15, 0.2) is 78.0 Å². The Morgan fingerprint density at radius 3 is 2.45 bits per heavy atom. The van der Waals surface area contributed by atoms with Gasteiger partial charge in [0.25, 0.3) is 0 Å². The Kier molecular flexibility index (Phi) is 5.66. The molecule has 0 N–H and O–H groups in total. The lowest BCUT2D eigenvalue weighted by Crippen LogP contribution is -2.00. The van der Waals surface area contributed by atoms with E-state index in [-0.39, 0.29) is 0 Å². The zero-order valence-corrected chi connectivity index (χ0v) is 17.3. The van der Waals surface area contributed by atoms with E-state index in [4.69, 9.17) is 16.9 Å². The van der Waals surface area contributed by atoms with Crippen molar-refractivity contribution in [1.82, 2.24) is 14.8 Å². The molecule has 142 valence electrons. The van der Waals surface area contributed by atoms with E-state index >= 15 is 0 Å². The minimum atomic E-state index is 0.657. The highest BCUT2D eigenvalue weighted by atomic mass is 35.5. The predicted octanol–water partition coefficient (Wildman–Crippen LogP) is 6.06. The molecule has 0 fully saturated rings. The summed E-state index contributed by atoms with van der Waals surface area (Å²) < 4.78 is 2.05. The van der Waals surface area contributed by atoms with Gasteiger partial charge in [-0.15, -0.1) is 10.2 Å². The summed E-state index contributed by atoms with van der Waals surface area (Å²) in [7, 11) is 0. The summed E-state index contributed by atoms with van der Waals surface area (Å²) in [4.78, 5) is 0. The molecule has 3 aromatic carbocycles. The number of nitrogens with zero attached hydrogens (tertiary/aromatic N) is 4. The van der Waals surface area contributed by atoms with Crippen LogP contribution in [0.2, 0.25) is 5.02 Å². The molecule has 0 unspecified atom stereocenters. The molecule has 4 nitrogen and oxygen atoms in total. The number of aromatic nitrogens is 3. The molecule has 0 bridgehead atoms. The lowest BCUT2D eigenvalue weighted by molar-refractivity contribution is 0.886. The summed E-state index contributed by atoms with van der Waals surface area (Å²) in [6, 6.07) is 25.6. The van der Waals surface area contributed by atoms with Crippen LogP contribution >= 0.6 is 23.4 Å². The highest BCUT2D eigenvalue weighted by Gasteiger charge is 2.16. The topological polar surface area (TPSA) is 54.5 Å². The van der Waals surface area contributed by atoms with Gasteiger partial charge in [-0.3, -0.25) is 4.57 Å². The fourth-order valence-electron chi connectivity index (χ4n) is 2.98. The van der Waals surface area contributed by atoms with Crippen LogP contribution in [-0.4, -0.2) is 14.8 Å². The van der Waals surface area contributed by atoms with E-state index in [0.29, 0.717) is 10.6 Å². The number of aryl methyl sites for hydroxylation is 1. The van der Waals surface area contributed by atoms with Gasteiger partial charge < -0.3 is 0 Å². The van der Waals surface area contributed by atoms with Crippen molar-refractivity contribution < 1.29 is 0 Å². The first kappa shape index (κ1) is 19.3. The second kappa shape index (κ2) is 8.52. The largest absolute Gasteiger partial charge is 0.270 e. The van der Waals surface area contributed by atoms with Crippen molar-refractivity contribution in [3.8, 4) is 23.1 Å². The van der Waals surface area contributed by atoms with Gasteiger partial charge in [0.05, 0.1) is 11.6 Å². The number of hydrogen-bond donors (Lipinski definition) is 0. The quantitative estimate of drug-likeness (QED) is 0.371. The molecule has 0 atom stereocenters. The van der Waals surface area contributed by atoms with Gasteiger partial charge in [0, 0.05) is 22.0 Å². The molecule has 6 heteroatoms. The minimum Gasteiger partial charge on any atom is -0.270 e. The normalized spacial score (nSPS) is 10.7. The number of hydrogen-bond acceptors (Lipinski definition) is 4. The molecular weight excluding hydrogens is 400 g/mol. The number of benzene rings is 3. The molecule has 29 heavy (non-hydrogen) atoms. The molecule has 4 aromatic rings. The number of thioether (sulfide) groups is 1. The summed E-state index contributed by atoms with van der Waals surface area (Å²) in [5, 5.41) is 19.4. The van der Waals surface area contributed by atoms with E-state index in [1.165, 1.54) is 5.56 Å². The fraction of sp³-hybridized carbons (Fsp3) is 0.0870. The molecule has 0 aliphatic carbocycles. The lowest BCUT2D eigenvalue weighted by Gasteiger charge is -2.11. The number of halogens is 1. The molecule has 0 spiro atoms. The zero-order chi connectivity index (χ0) is 20.2. The molecule has 1 heterocycles. The Morgan fingerprint density at radius 1 is 1.00 bits per heavy atom. The maximum atomic E-state index is 8.96. The first-order valence-corrected chi connectivity index (χ1v) is 10.4. The Hall–Kier alpha value is -3.07. The molecule has 1 aromatic heterocycles. The van der Waals surface area contributed by atoms with Crippen LogP contribution in [0.1, 0.15) is 16.7 Å². The van der Waals surface area contributed by atoms with Crippen LogP contribution in [0.3, 0.4) is 0 Å². The van der Waals surface area contributed by atoms with E-state index in [1.54, 1.807) is 11.8 Å². The lowest BCUT2D eigenvalue weighted by atomic mass is 10.1. The van der Waals surface area contributed by atoms with E-state index in [2.05, 4.69) is 39.9 Å². The number of nitriles is 1. The van der Waals surface area contributed by atoms with Crippen LogP contribution in [0.5, 0.6) is 0 Å². The first-order chi connectivity index (χ1) is 14.1. The van der Waals surface area contributed by atoms with Crippen molar-refractivity contribution in [2.24, 2.45) is 0 Å². The molecule has 0 amide bonds. The summed E-state index contributed by atoms with van der Waals surface area (Å²) in [6.45, 7) is 2.06. The highest BCUT2D eigenvalue weighted by molar-refractivity contribution is 7.98. The van der Waals surface area contributed by atoms with Crippen LogP contribution in [0.4, 0.5) is 0 Å². The van der Waals surface area contributed by atoms with E-state index in [9.17, 15) is 0 Å². The molecule has 4 rings (SSSR count). The van der Waals surface area contributed by atoms with Crippen molar-refractivity contribution in [2.45, 2.75) is 17.8 Å². The Morgan fingerprint density at radius 2 is 1.76 bits per heavy atom. The Labute approximate surface area is 178 Å². The van der Waals surface area contributed by atoms with Gasteiger partial charge in [-0.1, -0.05) is 59.3 Å². The van der Waals surface area contributed by atoms with E-state index in [0.717, 1.165) is 33.5 Å². The third-order valence-electron chi connectivity index (χ3n) is 4.45. The summed E-state index contributed by atoms with van der Waals surface area (Å²) in [5.41, 5.74) is 4.91. The SMILES string of the molecule is Cc1cccc(-c2nnc(SCc3ccc(C#N)cc3)n2-c2ccc(Cl)cc2)c1. The first-order valence-electron chi connectivity index (χ1n) is 9.04. The van der Waals surface area contributed by atoms with E-state index < -0.39 is 0 Å². The summed E-state index contributed by atoms with van der Waals surface area (Å²) in [5.74, 6) is 1.52. The Balaban J connectivity index is 1.71. The van der Waals surface area contributed by atoms with Crippen molar-refractivity contribution in [3.63, 3.8) is 0 Å². The fourth-order valence-corrected chi connectivity index (χ4v) is 4.01. The number of rotatable bonds is 5. The van der Waals surface area contributed by atoms with Crippen LogP contribution in [0.25, 0.3) is 17.1 Å². The average molecular weight is 417 g/mol. The third kappa shape index (κ3) is 4.34. The van der Waals surface area contributed by atoms with Gasteiger partial charge in [0.1, 0.15) is 0 Å². The Bertz CT molecular complexity index is 1170. The van der Waals surface area contributed by atoms with Crippen molar-refractivity contribution in [3.05, 3.63) is 94.5 Å². The van der Waals surface area contributed by atoms with Gasteiger partial charge in [-0.05, 0) is 55.0 Å². The minimum absolute atomic E-state index is 0.657. The molecular formula is C23H17ClN4S. The zero-order valence-electron chi connectivity index (χ0n) is 15.7. The average Bonchev–Trinajstić information content (AvgIpc) is 3.17. The maximum absolute atomic E-state index is 8.96. The molecule has 0 aliphatic heterocycles. The van der Waals surface area contributed by atoms with Gasteiger partial charge in [0.2, 0.25) is 0 Å². The third-order valence-corrected chi connectivity index (χ3v) is 5.70. The van der Waals surface area contributed by atoms with E-state index in [1.807, 2.05) is 60.7 Å². The van der Waals surface area contributed by atoms with Gasteiger partial charge in [-0.25, -0.2) is 0 Å². The monoisotopic (exact) mass is 416 g/mol. The summed E-state index contributed by atoms with van der Waals surface area (Å²) >= 11 is 7.69. The van der Waals surface area contributed by atoms with Gasteiger partial charge in [0.15, 0.2) is 11.0 Å². The van der Waals surface area contributed by atoms with Crippen LogP contribution < -0.4 is 0 Å². The second-order valence-corrected chi connectivity index (χ2v) is 7.96. The predicted molar refractivity (Wildman–Crippen MR) is 117 cm³/mol. The summed E-state index contributed by atoms with van der Waals surface area (Å²) in [6.07, 6.45) is 0. The molecule has 0 saturated carbocycles. The highest BCUT2D eigenvalue weighted by Crippen LogP contribution is 2.30. The van der Waals surface area contributed by atoms with Gasteiger partial charge >= 0.3 is 0 Å². The van der Waals surface area contributed by atoms with Crippen molar-refractivity contribution in [2.75, 3.05) is 0 Å². The second-order valence-electron chi connectivity index (χ2n) is 6.58. The molecule has 0 saturated heterocycles. The molecule has 0 radical (unpaired) electrons.